The largest absolute Gasteiger partial charge is 0.385 e. The highest BCUT2D eigenvalue weighted by atomic mass is 16.2. The molecule has 1 aromatic rings. The Morgan fingerprint density at radius 3 is 2.50 bits per heavy atom. The Hall–Kier alpha value is -1.65. The van der Waals surface area contributed by atoms with Crippen LogP contribution in [0, 0.1) is 0 Å². The van der Waals surface area contributed by atoms with E-state index in [9.17, 15) is 4.79 Å². The Balaban J connectivity index is 3.22. The third-order valence-electron chi connectivity index (χ3n) is 2.20. The van der Waals surface area contributed by atoms with E-state index >= 15 is 0 Å². The van der Waals surface area contributed by atoms with Crippen LogP contribution in [0.2, 0.25) is 0 Å². The molecule has 88 valence electrons. The van der Waals surface area contributed by atoms with Crippen LogP contribution in [0.1, 0.15) is 36.1 Å². The highest BCUT2D eigenvalue weighted by Crippen LogP contribution is 2.16. The predicted molar refractivity (Wildman–Crippen MR) is 63.7 cm³/mol. The van der Waals surface area contributed by atoms with E-state index in [2.05, 4.69) is 15.3 Å². The summed E-state index contributed by atoms with van der Waals surface area (Å²) in [7, 11) is 5.16. The number of hydrogen-bond donors (Lipinski definition) is 1. The first-order chi connectivity index (χ1) is 7.47. The minimum Gasteiger partial charge on any atom is -0.385 e. The van der Waals surface area contributed by atoms with E-state index in [0.29, 0.717) is 17.2 Å². The van der Waals surface area contributed by atoms with Gasteiger partial charge in [-0.15, -0.1) is 0 Å². The SMILES string of the molecule is CNc1cnc(C(C)C)nc1C(=O)N(C)C. The van der Waals surface area contributed by atoms with Gasteiger partial charge in [0.2, 0.25) is 0 Å². The fraction of sp³-hybridized carbons (Fsp3) is 0.545. The van der Waals surface area contributed by atoms with E-state index in [-0.39, 0.29) is 11.8 Å². The van der Waals surface area contributed by atoms with Crippen LogP contribution < -0.4 is 5.32 Å². The maximum Gasteiger partial charge on any atom is 0.274 e. The average molecular weight is 222 g/mol. The van der Waals surface area contributed by atoms with E-state index in [1.54, 1.807) is 27.3 Å². The number of carbonyl (C=O) groups is 1. The minimum absolute atomic E-state index is 0.117. The molecule has 0 saturated heterocycles. The maximum atomic E-state index is 11.9. The average Bonchev–Trinajstić information content (AvgIpc) is 2.26. The number of amides is 1. The summed E-state index contributed by atoms with van der Waals surface area (Å²) in [5, 5.41) is 2.92. The molecule has 5 nitrogen and oxygen atoms in total. The number of nitrogens with one attached hydrogen (secondary N) is 1. The van der Waals surface area contributed by atoms with Crippen molar-refractivity contribution in [1.82, 2.24) is 14.9 Å². The third-order valence-corrected chi connectivity index (χ3v) is 2.20. The second-order valence-corrected chi connectivity index (χ2v) is 4.09. The molecule has 0 bridgehead atoms. The molecule has 0 aliphatic heterocycles. The predicted octanol–water partition coefficient (Wildman–Crippen LogP) is 1.34. The molecule has 16 heavy (non-hydrogen) atoms. The molecular weight excluding hydrogens is 204 g/mol. The zero-order valence-corrected chi connectivity index (χ0v) is 10.4. The zero-order valence-electron chi connectivity index (χ0n) is 10.4. The smallest absolute Gasteiger partial charge is 0.274 e. The lowest BCUT2D eigenvalue weighted by atomic mass is 10.2. The van der Waals surface area contributed by atoms with Crippen molar-refractivity contribution in [3.63, 3.8) is 0 Å². The van der Waals surface area contributed by atoms with E-state index < -0.39 is 0 Å². The Kier molecular flexibility index (Phi) is 3.82. The lowest BCUT2D eigenvalue weighted by Crippen LogP contribution is -2.24. The van der Waals surface area contributed by atoms with E-state index in [0.717, 1.165) is 0 Å². The Bertz CT molecular complexity index is 388. The number of anilines is 1. The number of carbonyl (C=O) groups excluding carboxylic acids is 1. The summed E-state index contributed by atoms with van der Waals surface area (Å²) in [6, 6.07) is 0. The van der Waals surface area contributed by atoms with Gasteiger partial charge in [-0.1, -0.05) is 13.8 Å². The van der Waals surface area contributed by atoms with Crippen molar-refractivity contribution in [3.8, 4) is 0 Å². The third kappa shape index (κ3) is 2.48. The van der Waals surface area contributed by atoms with Crippen molar-refractivity contribution in [1.29, 1.82) is 0 Å². The fourth-order valence-electron chi connectivity index (χ4n) is 1.23. The van der Waals surface area contributed by atoms with Gasteiger partial charge in [0.1, 0.15) is 5.82 Å². The van der Waals surface area contributed by atoms with Crippen molar-refractivity contribution in [2.45, 2.75) is 19.8 Å². The van der Waals surface area contributed by atoms with Gasteiger partial charge in [-0.25, -0.2) is 9.97 Å². The first kappa shape index (κ1) is 12.4. The molecule has 1 rings (SSSR count). The topological polar surface area (TPSA) is 58.1 Å². The van der Waals surface area contributed by atoms with E-state index in [1.807, 2.05) is 13.8 Å². The summed E-state index contributed by atoms with van der Waals surface area (Å²) in [5.74, 6) is 0.775. The van der Waals surface area contributed by atoms with Crippen molar-refractivity contribution < 1.29 is 4.79 Å². The van der Waals surface area contributed by atoms with Crippen molar-refractivity contribution in [2.24, 2.45) is 0 Å². The molecule has 1 N–H and O–H groups in total. The second kappa shape index (κ2) is 4.92. The van der Waals surface area contributed by atoms with Gasteiger partial charge in [-0.2, -0.15) is 0 Å². The van der Waals surface area contributed by atoms with Crippen LogP contribution >= 0.6 is 0 Å². The summed E-state index contributed by atoms with van der Waals surface area (Å²) in [6.45, 7) is 4.00. The first-order valence-corrected chi connectivity index (χ1v) is 5.23. The van der Waals surface area contributed by atoms with Gasteiger partial charge in [0, 0.05) is 27.1 Å². The molecule has 1 amide bonds. The van der Waals surface area contributed by atoms with Gasteiger partial charge in [-0.3, -0.25) is 4.79 Å². The minimum atomic E-state index is -0.117. The summed E-state index contributed by atoms with van der Waals surface area (Å²) in [5.41, 5.74) is 1.08. The number of hydrogen-bond acceptors (Lipinski definition) is 4. The van der Waals surface area contributed by atoms with Gasteiger partial charge in [0.25, 0.3) is 5.91 Å². The molecule has 0 atom stereocenters. The van der Waals surface area contributed by atoms with Crippen LogP contribution in [0.4, 0.5) is 5.69 Å². The van der Waals surface area contributed by atoms with Crippen LogP contribution in [0.15, 0.2) is 6.20 Å². The van der Waals surface area contributed by atoms with Gasteiger partial charge < -0.3 is 10.2 Å². The van der Waals surface area contributed by atoms with Gasteiger partial charge in [-0.05, 0) is 0 Å². The van der Waals surface area contributed by atoms with Gasteiger partial charge in [0.15, 0.2) is 5.69 Å². The van der Waals surface area contributed by atoms with Crippen molar-refractivity contribution >= 4 is 11.6 Å². The van der Waals surface area contributed by atoms with Crippen LogP contribution in [-0.4, -0.2) is 41.9 Å². The van der Waals surface area contributed by atoms with Crippen LogP contribution in [0.3, 0.4) is 0 Å². The second-order valence-electron chi connectivity index (χ2n) is 4.09. The molecule has 0 unspecified atom stereocenters. The van der Waals surface area contributed by atoms with Crippen LogP contribution in [0.5, 0.6) is 0 Å². The summed E-state index contributed by atoms with van der Waals surface area (Å²) in [6.07, 6.45) is 1.65. The molecule has 5 heteroatoms. The molecule has 0 aromatic carbocycles. The number of nitrogens with zero attached hydrogens (tertiary/aromatic N) is 3. The monoisotopic (exact) mass is 222 g/mol. The lowest BCUT2D eigenvalue weighted by molar-refractivity contribution is 0.0822. The standard InChI is InChI=1S/C11H18N4O/c1-7(2)10-13-6-8(12-3)9(14-10)11(16)15(4)5/h6-7,12H,1-5H3. The number of aromatic nitrogens is 2. The van der Waals surface area contributed by atoms with Crippen molar-refractivity contribution in [3.05, 3.63) is 17.7 Å². The van der Waals surface area contributed by atoms with Crippen LogP contribution in [-0.2, 0) is 0 Å². The maximum absolute atomic E-state index is 11.9. The molecule has 0 spiro atoms. The fourth-order valence-corrected chi connectivity index (χ4v) is 1.23. The van der Waals surface area contributed by atoms with Gasteiger partial charge in [0.05, 0.1) is 11.9 Å². The molecule has 1 aromatic heterocycles. The normalized spacial score (nSPS) is 10.4. The summed E-state index contributed by atoms with van der Waals surface area (Å²) < 4.78 is 0. The van der Waals surface area contributed by atoms with Gasteiger partial charge >= 0.3 is 0 Å². The molecule has 1 heterocycles. The summed E-state index contributed by atoms with van der Waals surface area (Å²) >= 11 is 0. The van der Waals surface area contributed by atoms with E-state index in [1.165, 1.54) is 4.90 Å². The molecule has 0 radical (unpaired) electrons. The van der Waals surface area contributed by atoms with Crippen molar-refractivity contribution in [2.75, 3.05) is 26.5 Å². The first-order valence-electron chi connectivity index (χ1n) is 5.23. The Labute approximate surface area is 95.9 Å². The molecule has 0 fully saturated rings. The molecule has 0 aliphatic rings. The molecule has 0 saturated carbocycles. The Morgan fingerprint density at radius 2 is 2.06 bits per heavy atom. The zero-order chi connectivity index (χ0) is 12.3. The number of rotatable bonds is 3. The molecular formula is C11H18N4O. The highest BCUT2D eigenvalue weighted by Gasteiger charge is 2.17. The summed E-state index contributed by atoms with van der Waals surface area (Å²) in [4.78, 5) is 21.9. The lowest BCUT2D eigenvalue weighted by Gasteiger charge is -2.14. The Morgan fingerprint density at radius 1 is 1.44 bits per heavy atom. The van der Waals surface area contributed by atoms with E-state index in [4.69, 9.17) is 0 Å². The van der Waals surface area contributed by atoms with Crippen LogP contribution in [0.25, 0.3) is 0 Å². The molecule has 0 aliphatic carbocycles. The highest BCUT2D eigenvalue weighted by molar-refractivity contribution is 5.97. The quantitative estimate of drug-likeness (QED) is 0.838.